The molecule has 5 rings (SSSR count). The highest BCUT2D eigenvalue weighted by Gasteiger charge is 2.58. The smallest absolute Gasteiger partial charge is 0.247 e. The van der Waals surface area contributed by atoms with Crippen molar-refractivity contribution in [1.82, 2.24) is 25.5 Å². The van der Waals surface area contributed by atoms with E-state index in [1.807, 2.05) is 29.3 Å². The number of benzene rings is 1. The molecule has 6 atom stereocenters. The maximum Gasteiger partial charge on any atom is 0.247 e. The van der Waals surface area contributed by atoms with Crippen molar-refractivity contribution in [1.29, 1.82) is 0 Å². The van der Waals surface area contributed by atoms with Crippen LogP contribution < -0.4 is 10.6 Å². The Morgan fingerprint density at radius 1 is 1.32 bits per heavy atom. The quantitative estimate of drug-likeness (QED) is 0.393. The second-order valence-electron chi connectivity index (χ2n) is 10.5. The summed E-state index contributed by atoms with van der Waals surface area (Å²) in [7, 11) is 1.67. The van der Waals surface area contributed by atoms with E-state index in [9.17, 15) is 19.1 Å². The molecule has 4 N–H and O–H groups in total. The van der Waals surface area contributed by atoms with E-state index in [2.05, 4.69) is 22.5 Å². The maximum absolute atomic E-state index is 13.9. The summed E-state index contributed by atoms with van der Waals surface area (Å²) in [6.45, 7) is 3.96. The number of nitrogens with one attached hydrogen (secondary N) is 3. The van der Waals surface area contributed by atoms with Crippen molar-refractivity contribution in [2.24, 2.45) is 5.92 Å². The van der Waals surface area contributed by atoms with Crippen LogP contribution in [0.3, 0.4) is 0 Å². The van der Waals surface area contributed by atoms with Gasteiger partial charge in [-0.3, -0.25) is 14.6 Å². The number of carbonyl (C=O) groups is 2. The number of rotatable bonds is 7. The van der Waals surface area contributed by atoms with Gasteiger partial charge in [-0.05, 0) is 68.6 Å². The summed E-state index contributed by atoms with van der Waals surface area (Å²) < 4.78 is 13.9. The third kappa shape index (κ3) is 4.30. The van der Waals surface area contributed by atoms with E-state index < -0.39 is 18.7 Å². The summed E-state index contributed by atoms with van der Waals surface area (Å²) in [6.07, 6.45) is 5.28. The van der Waals surface area contributed by atoms with Gasteiger partial charge in [-0.25, -0.2) is 4.39 Å². The number of halogens is 1. The zero-order valence-corrected chi connectivity index (χ0v) is 21.4. The molecular formula is C28H34FN5O3. The zero-order chi connectivity index (χ0) is 26.3. The molecule has 0 bridgehead atoms. The molecule has 0 unspecified atom stereocenters. The Kier molecular flexibility index (Phi) is 6.76. The van der Waals surface area contributed by atoms with Crippen LogP contribution in [0.25, 0.3) is 10.9 Å². The Labute approximate surface area is 215 Å². The van der Waals surface area contributed by atoms with Gasteiger partial charge in [0.15, 0.2) is 0 Å². The highest BCUT2D eigenvalue weighted by molar-refractivity contribution is 5.90. The van der Waals surface area contributed by atoms with Crippen LogP contribution >= 0.6 is 0 Å². The van der Waals surface area contributed by atoms with Crippen LogP contribution in [-0.2, 0) is 15.0 Å². The Morgan fingerprint density at radius 3 is 2.84 bits per heavy atom. The van der Waals surface area contributed by atoms with Gasteiger partial charge in [0, 0.05) is 52.9 Å². The molecule has 1 aromatic carbocycles. The van der Waals surface area contributed by atoms with Crippen molar-refractivity contribution < 1.29 is 19.1 Å². The number of amides is 2. The zero-order valence-electron chi connectivity index (χ0n) is 21.4. The molecule has 0 radical (unpaired) electrons. The number of hydrogen-bond donors (Lipinski definition) is 4. The molecule has 0 spiro atoms. The molecular weight excluding hydrogens is 473 g/mol. The molecule has 1 aliphatic heterocycles. The van der Waals surface area contributed by atoms with E-state index in [4.69, 9.17) is 4.98 Å². The lowest BCUT2D eigenvalue weighted by molar-refractivity contribution is -0.139. The molecule has 3 aromatic rings. The van der Waals surface area contributed by atoms with Crippen LogP contribution in [0.5, 0.6) is 0 Å². The molecule has 3 heterocycles. The fourth-order valence-corrected chi connectivity index (χ4v) is 6.52. The van der Waals surface area contributed by atoms with Crippen LogP contribution in [0, 0.1) is 11.7 Å². The van der Waals surface area contributed by atoms with Gasteiger partial charge in [-0.15, -0.1) is 0 Å². The van der Waals surface area contributed by atoms with Crippen molar-refractivity contribution in [2.75, 3.05) is 20.2 Å². The van der Waals surface area contributed by atoms with E-state index in [1.165, 1.54) is 12.1 Å². The molecule has 196 valence electrons. The van der Waals surface area contributed by atoms with Crippen LogP contribution in [-0.4, -0.2) is 70.1 Å². The Hall–Kier alpha value is -3.30. The number of likely N-dealkylation sites (N-methyl/N-ethyl adjacent to an activating group) is 1. The Bertz CT molecular complexity index is 1300. The lowest BCUT2D eigenvalue weighted by atomic mass is 9.75. The summed E-state index contributed by atoms with van der Waals surface area (Å²) in [4.78, 5) is 36.1. The van der Waals surface area contributed by atoms with Gasteiger partial charge in [-0.1, -0.05) is 13.0 Å². The Morgan fingerprint density at radius 2 is 2.14 bits per heavy atom. The largest absolute Gasteiger partial charge is 0.394 e. The van der Waals surface area contributed by atoms with Gasteiger partial charge < -0.3 is 25.6 Å². The van der Waals surface area contributed by atoms with Crippen LogP contribution in [0.1, 0.15) is 43.9 Å². The van der Waals surface area contributed by atoms with Gasteiger partial charge in [-0.2, -0.15) is 0 Å². The third-order valence-corrected chi connectivity index (χ3v) is 8.56. The number of aliphatic hydroxyl groups is 1. The molecule has 8 nitrogen and oxygen atoms in total. The summed E-state index contributed by atoms with van der Waals surface area (Å²) in [5, 5.41) is 16.6. The first-order chi connectivity index (χ1) is 17.8. The first kappa shape index (κ1) is 25.4. The minimum absolute atomic E-state index is 0.0334. The normalized spacial score (nSPS) is 26.7. The second kappa shape index (κ2) is 9.87. The SMILES string of the molecule is CN[C@@H](C)C(=O)N[C@@H](CO)C(=O)N1CC[C@@H]2[C@H]1[C@@H](c1c[nH]c3cc(F)ccc13)C[C@@]2(C)c1ccccn1. The summed E-state index contributed by atoms with van der Waals surface area (Å²) in [5.74, 6) is -0.834. The van der Waals surface area contributed by atoms with Gasteiger partial charge in [0.1, 0.15) is 11.9 Å². The summed E-state index contributed by atoms with van der Waals surface area (Å²) in [6, 6.07) is 8.99. The predicted octanol–water partition coefficient (Wildman–Crippen LogP) is 2.45. The lowest BCUT2D eigenvalue weighted by Gasteiger charge is -2.33. The highest BCUT2D eigenvalue weighted by atomic mass is 19.1. The molecule has 1 saturated carbocycles. The van der Waals surface area contributed by atoms with Crippen molar-refractivity contribution >= 4 is 22.7 Å². The fourth-order valence-electron chi connectivity index (χ4n) is 6.52. The number of likely N-dealkylation sites (tertiary alicyclic amines) is 1. The first-order valence-corrected chi connectivity index (χ1v) is 12.9. The number of aromatic amines is 1. The van der Waals surface area contributed by atoms with Crippen molar-refractivity contribution in [3.63, 3.8) is 0 Å². The van der Waals surface area contributed by atoms with Crippen LogP contribution in [0.4, 0.5) is 4.39 Å². The van der Waals surface area contributed by atoms with E-state index in [0.29, 0.717) is 6.54 Å². The molecule has 1 saturated heterocycles. The molecule has 2 aromatic heterocycles. The van der Waals surface area contributed by atoms with Gasteiger partial charge in [0.25, 0.3) is 0 Å². The van der Waals surface area contributed by atoms with Crippen molar-refractivity contribution in [2.45, 2.75) is 56.1 Å². The molecule has 2 fully saturated rings. The van der Waals surface area contributed by atoms with E-state index in [1.54, 1.807) is 26.2 Å². The maximum atomic E-state index is 13.9. The second-order valence-corrected chi connectivity index (χ2v) is 10.5. The van der Waals surface area contributed by atoms with Crippen molar-refractivity contribution in [3.8, 4) is 0 Å². The minimum Gasteiger partial charge on any atom is -0.394 e. The van der Waals surface area contributed by atoms with E-state index in [-0.39, 0.29) is 40.9 Å². The average molecular weight is 508 g/mol. The molecule has 9 heteroatoms. The lowest BCUT2D eigenvalue weighted by Crippen LogP contribution is -2.55. The van der Waals surface area contributed by atoms with Gasteiger partial charge >= 0.3 is 0 Å². The monoisotopic (exact) mass is 507 g/mol. The van der Waals surface area contributed by atoms with Crippen LogP contribution in [0.2, 0.25) is 0 Å². The topological polar surface area (TPSA) is 110 Å². The summed E-state index contributed by atoms with van der Waals surface area (Å²) in [5.41, 5.74) is 2.46. The van der Waals surface area contributed by atoms with E-state index in [0.717, 1.165) is 35.0 Å². The number of H-pyrrole nitrogens is 1. The molecule has 2 amide bonds. The van der Waals surface area contributed by atoms with Gasteiger partial charge in [0.05, 0.1) is 12.6 Å². The molecule has 2 aliphatic rings. The van der Waals surface area contributed by atoms with Crippen molar-refractivity contribution in [3.05, 3.63) is 65.9 Å². The highest BCUT2D eigenvalue weighted by Crippen LogP contribution is 2.58. The predicted molar refractivity (Wildman–Crippen MR) is 138 cm³/mol. The molecule has 37 heavy (non-hydrogen) atoms. The molecule has 1 aliphatic carbocycles. The fraction of sp³-hybridized carbons (Fsp3) is 0.464. The van der Waals surface area contributed by atoms with E-state index >= 15 is 0 Å². The number of nitrogens with zero attached hydrogens (tertiary/aromatic N) is 2. The number of carbonyl (C=O) groups excluding carboxylic acids is 2. The number of hydrogen-bond acceptors (Lipinski definition) is 5. The number of fused-ring (bicyclic) bond motifs is 2. The Balaban J connectivity index is 1.54. The number of pyridine rings is 1. The number of aromatic nitrogens is 2. The number of aliphatic hydroxyl groups excluding tert-OH is 1. The van der Waals surface area contributed by atoms with Crippen LogP contribution in [0.15, 0.2) is 48.8 Å². The average Bonchev–Trinajstić information content (AvgIpc) is 3.61. The third-order valence-electron chi connectivity index (χ3n) is 8.56. The first-order valence-electron chi connectivity index (χ1n) is 12.9. The summed E-state index contributed by atoms with van der Waals surface area (Å²) >= 11 is 0. The standard InChI is InChI=1S/C28H34FN5O3/c1-16(30-3)26(36)33-23(15-35)27(37)34-11-9-21-25(34)19(13-28(21,2)24-6-4-5-10-31-24)20-14-32-22-12-17(29)7-8-18(20)22/h4-8,10,12,14,16,19,21,23,25,30,32,35H,9,11,13,15H2,1-3H3,(H,33,36)/t16-,19+,21+,23-,25+,28+/m0/s1. The minimum atomic E-state index is -1.03. The van der Waals surface area contributed by atoms with Gasteiger partial charge in [0.2, 0.25) is 11.8 Å².